The maximum absolute atomic E-state index is 12.8. The molecule has 2 N–H and O–H groups in total. The van der Waals surface area contributed by atoms with Crippen molar-refractivity contribution < 1.29 is 8.42 Å². The van der Waals surface area contributed by atoms with Gasteiger partial charge in [-0.05, 0) is 24.1 Å². The molecule has 0 radical (unpaired) electrons. The summed E-state index contributed by atoms with van der Waals surface area (Å²) in [6.45, 7) is 6.58. The zero-order valence-electron chi connectivity index (χ0n) is 12.2. The molecule has 0 spiro atoms. The van der Waals surface area contributed by atoms with E-state index < -0.39 is 10.0 Å². The monoisotopic (exact) mass is 416 g/mol. The summed E-state index contributed by atoms with van der Waals surface area (Å²) in [5, 5.41) is 0.191. The second-order valence-electron chi connectivity index (χ2n) is 5.50. The Kier molecular flexibility index (Phi) is 6.54. The highest BCUT2D eigenvalue weighted by Crippen LogP contribution is 2.35. The van der Waals surface area contributed by atoms with E-state index in [0.29, 0.717) is 24.1 Å². The van der Waals surface area contributed by atoms with Crippen LogP contribution in [-0.4, -0.2) is 32.4 Å². The van der Waals surface area contributed by atoms with Crippen LogP contribution >= 0.6 is 39.1 Å². The normalized spacial score (nSPS) is 13.0. The summed E-state index contributed by atoms with van der Waals surface area (Å²) in [4.78, 5) is -0.0660. The van der Waals surface area contributed by atoms with Crippen molar-refractivity contribution in [2.75, 3.05) is 19.6 Å². The average Bonchev–Trinajstić information content (AvgIpc) is 2.34. The minimum absolute atomic E-state index is 0.0660. The zero-order valence-corrected chi connectivity index (χ0v) is 16.1. The van der Waals surface area contributed by atoms with Gasteiger partial charge in [-0.25, -0.2) is 8.42 Å². The molecule has 1 aromatic rings. The second-order valence-corrected chi connectivity index (χ2v) is 9.10. The summed E-state index contributed by atoms with van der Waals surface area (Å²) in [6, 6.07) is 3.03. The van der Waals surface area contributed by atoms with E-state index in [1.54, 1.807) is 6.92 Å². The molecule has 0 bridgehead atoms. The van der Waals surface area contributed by atoms with Gasteiger partial charge in [0.2, 0.25) is 10.0 Å². The molecule has 0 fully saturated rings. The van der Waals surface area contributed by atoms with Crippen LogP contribution in [0.3, 0.4) is 0 Å². The Labute approximate surface area is 144 Å². The zero-order chi connectivity index (χ0) is 16.4. The highest BCUT2D eigenvalue weighted by atomic mass is 79.9. The Hall–Kier alpha value is 0.150. The van der Waals surface area contributed by atoms with Gasteiger partial charge in [0, 0.05) is 17.6 Å². The summed E-state index contributed by atoms with van der Waals surface area (Å²) < 4.78 is 27.6. The molecule has 0 aliphatic heterocycles. The number of sulfonamides is 1. The van der Waals surface area contributed by atoms with E-state index in [-0.39, 0.29) is 20.4 Å². The Balaban J connectivity index is 3.32. The fourth-order valence-corrected chi connectivity index (χ4v) is 5.33. The van der Waals surface area contributed by atoms with Crippen LogP contribution in [0.5, 0.6) is 0 Å². The summed E-state index contributed by atoms with van der Waals surface area (Å²) in [5.41, 5.74) is 5.36. The van der Waals surface area contributed by atoms with Gasteiger partial charge in [-0.15, -0.1) is 0 Å². The topological polar surface area (TPSA) is 63.4 Å². The molecule has 1 aromatic carbocycles. The molecule has 0 saturated carbocycles. The van der Waals surface area contributed by atoms with E-state index in [0.717, 1.165) is 0 Å². The van der Waals surface area contributed by atoms with Crippen molar-refractivity contribution in [3.8, 4) is 0 Å². The van der Waals surface area contributed by atoms with Crippen LogP contribution in [0.1, 0.15) is 20.8 Å². The van der Waals surface area contributed by atoms with Gasteiger partial charge in [0.05, 0.1) is 10.0 Å². The molecule has 0 aliphatic rings. The van der Waals surface area contributed by atoms with Crippen LogP contribution in [0.4, 0.5) is 0 Å². The molecule has 0 saturated heterocycles. The molecule has 0 atom stereocenters. The lowest BCUT2D eigenvalue weighted by molar-refractivity contribution is 0.273. The van der Waals surface area contributed by atoms with E-state index in [1.165, 1.54) is 16.4 Å². The molecule has 1 rings (SSSR count). The number of benzene rings is 1. The molecule has 0 amide bonds. The lowest BCUT2D eigenvalue weighted by Crippen LogP contribution is -2.42. The standard InChI is InChI=1S/C13H19BrCl2N2O2S/c1-4-18(8-13(2,3)7-17)21(19,20)12-10(15)5-9(14)6-11(12)16/h5-6H,4,7-8,17H2,1-3H3. The molecular weight excluding hydrogens is 399 g/mol. The van der Waals surface area contributed by atoms with E-state index in [9.17, 15) is 8.42 Å². The summed E-state index contributed by atoms with van der Waals surface area (Å²) in [5.74, 6) is 0. The van der Waals surface area contributed by atoms with Crippen molar-refractivity contribution in [3.05, 3.63) is 26.7 Å². The first-order chi connectivity index (χ1) is 9.55. The number of nitrogens with two attached hydrogens (primary N) is 1. The number of hydrogen-bond donors (Lipinski definition) is 1. The largest absolute Gasteiger partial charge is 0.330 e. The third-order valence-electron chi connectivity index (χ3n) is 3.07. The van der Waals surface area contributed by atoms with E-state index in [4.69, 9.17) is 28.9 Å². The fourth-order valence-electron chi connectivity index (χ4n) is 1.81. The van der Waals surface area contributed by atoms with Crippen LogP contribution in [0, 0.1) is 5.41 Å². The van der Waals surface area contributed by atoms with Gasteiger partial charge in [0.15, 0.2) is 0 Å². The third kappa shape index (κ3) is 4.56. The van der Waals surface area contributed by atoms with Crippen molar-refractivity contribution in [1.82, 2.24) is 4.31 Å². The lowest BCUT2D eigenvalue weighted by atomic mass is 9.94. The van der Waals surface area contributed by atoms with Crippen LogP contribution in [0.25, 0.3) is 0 Å². The highest BCUT2D eigenvalue weighted by molar-refractivity contribution is 9.10. The van der Waals surface area contributed by atoms with E-state index >= 15 is 0 Å². The third-order valence-corrected chi connectivity index (χ3v) is 6.37. The van der Waals surface area contributed by atoms with Crippen LogP contribution in [0.15, 0.2) is 21.5 Å². The van der Waals surface area contributed by atoms with E-state index in [1.807, 2.05) is 13.8 Å². The smallest absolute Gasteiger partial charge is 0.246 e. The predicted octanol–water partition coefficient (Wildman–Crippen LogP) is 3.75. The number of halogens is 3. The Morgan fingerprint density at radius 2 is 1.76 bits per heavy atom. The maximum Gasteiger partial charge on any atom is 0.246 e. The quantitative estimate of drug-likeness (QED) is 0.766. The van der Waals surface area contributed by atoms with Crippen molar-refractivity contribution in [2.24, 2.45) is 11.1 Å². The lowest BCUT2D eigenvalue weighted by Gasteiger charge is -2.30. The van der Waals surface area contributed by atoms with Gasteiger partial charge in [-0.2, -0.15) is 4.31 Å². The van der Waals surface area contributed by atoms with Crippen molar-refractivity contribution in [3.63, 3.8) is 0 Å². The molecule has 120 valence electrons. The first-order valence-electron chi connectivity index (χ1n) is 6.40. The van der Waals surface area contributed by atoms with Crippen LogP contribution < -0.4 is 5.73 Å². The van der Waals surface area contributed by atoms with Gasteiger partial charge in [0.25, 0.3) is 0 Å². The Bertz CT molecular complexity index is 598. The Morgan fingerprint density at radius 3 is 2.14 bits per heavy atom. The maximum atomic E-state index is 12.8. The minimum atomic E-state index is -3.78. The molecule has 21 heavy (non-hydrogen) atoms. The SMILES string of the molecule is CCN(CC(C)(C)CN)S(=O)(=O)c1c(Cl)cc(Br)cc1Cl. The average molecular weight is 418 g/mol. The molecule has 0 heterocycles. The molecule has 4 nitrogen and oxygen atoms in total. The number of hydrogen-bond acceptors (Lipinski definition) is 3. The fraction of sp³-hybridized carbons (Fsp3) is 0.538. The molecule has 8 heteroatoms. The molecule has 0 aromatic heterocycles. The van der Waals surface area contributed by atoms with Crippen molar-refractivity contribution in [2.45, 2.75) is 25.7 Å². The molecule has 0 unspecified atom stereocenters. The van der Waals surface area contributed by atoms with Gasteiger partial charge in [-0.3, -0.25) is 0 Å². The summed E-state index contributed by atoms with van der Waals surface area (Å²) in [6.07, 6.45) is 0. The molecule has 0 aliphatic carbocycles. The van der Waals surface area contributed by atoms with Crippen LogP contribution in [0.2, 0.25) is 10.0 Å². The van der Waals surface area contributed by atoms with Crippen molar-refractivity contribution in [1.29, 1.82) is 0 Å². The number of nitrogens with zero attached hydrogens (tertiary/aromatic N) is 1. The summed E-state index contributed by atoms with van der Waals surface area (Å²) >= 11 is 15.4. The van der Waals surface area contributed by atoms with Crippen LogP contribution in [-0.2, 0) is 10.0 Å². The second kappa shape index (κ2) is 7.15. The van der Waals surface area contributed by atoms with Gasteiger partial charge in [-0.1, -0.05) is 59.9 Å². The van der Waals surface area contributed by atoms with Gasteiger partial charge >= 0.3 is 0 Å². The predicted molar refractivity (Wildman–Crippen MR) is 91.4 cm³/mol. The van der Waals surface area contributed by atoms with Gasteiger partial charge < -0.3 is 5.73 Å². The molecular formula is C13H19BrCl2N2O2S. The Morgan fingerprint density at radius 1 is 1.29 bits per heavy atom. The van der Waals surface area contributed by atoms with Gasteiger partial charge in [0.1, 0.15) is 4.90 Å². The number of rotatable bonds is 6. The first-order valence-corrected chi connectivity index (χ1v) is 9.39. The summed E-state index contributed by atoms with van der Waals surface area (Å²) in [7, 11) is -3.78. The van der Waals surface area contributed by atoms with E-state index in [2.05, 4.69) is 15.9 Å². The minimum Gasteiger partial charge on any atom is -0.330 e. The van der Waals surface area contributed by atoms with Crippen molar-refractivity contribution >= 4 is 49.2 Å². The first kappa shape index (κ1) is 19.2. The highest BCUT2D eigenvalue weighted by Gasteiger charge is 2.32.